The Hall–Kier alpha value is -1.84. The van der Waals surface area contributed by atoms with Crippen LogP contribution in [-0.2, 0) is 10.0 Å². The lowest BCUT2D eigenvalue weighted by molar-refractivity contribution is 0.0995. The molecule has 1 aromatic carbocycles. The Morgan fingerprint density at radius 3 is 2.42 bits per heavy atom. The van der Waals surface area contributed by atoms with Crippen LogP contribution in [0.1, 0.15) is 31.3 Å². The molecule has 2 aromatic rings. The van der Waals surface area contributed by atoms with Crippen molar-refractivity contribution in [2.45, 2.75) is 25.7 Å². The number of nitrogens with one attached hydrogen (secondary N) is 1. The molecule has 2 rings (SSSR count). The fraction of sp³-hybridized carbons (Fsp3) is 0.353. The molecule has 0 aliphatic heterocycles. The van der Waals surface area contributed by atoms with Gasteiger partial charge in [0.1, 0.15) is 10.6 Å². The zero-order chi connectivity index (χ0) is 19.3. The van der Waals surface area contributed by atoms with Gasteiger partial charge >= 0.3 is 0 Å². The van der Waals surface area contributed by atoms with Crippen LogP contribution in [-0.4, -0.2) is 38.3 Å². The summed E-state index contributed by atoms with van der Waals surface area (Å²) in [6.07, 6.45) is 0. The molecule has 1 N–H and O–H groups in total. The van der Waals surface area contributed by atoms with Gasteiger partial charge < -0.3 is 14.5 Å². The standard InChI is InChI=1S/C17H21BrN2O5S/c1-4-20(5-2)26(22,23)15-11-12(7-8-13(15)24-6-3)19-17(21)14-9-10-16(18)25-14/h7-11H,4-6H2,1-3H3,(H,19,21). The predicted octanol–water partition coefficient (Wildman–Crippen LogP) is 3.72. The smallest absolute Gasteiger partial charge is 0.291 e. The maximum absolute atomic E-state index is 12.9. The first-order valence-electron chi connectivity index (χ1n) is 8.17. The summed E-state index contributed by atoms with van der Waals surface area (Å²) in [5.41, 5.74) is 0.330. The SMILES string of the molecule is CCOc1ccc(NC(=O)c2ccc(Br)o2)cc1S(=O)(=O)N(CC)CC. The molecule has 142 valence electrons. The first-order chi connectivity index (χ1) is 12.3. The maximum atomic E-state index is 12.9. The highest BCUT2D eigenvalue weighted by atomic mass is 79.9. The summed E-state index contributed by atoms with van der Waals surface area (Å²) in [5, 5.41) is 2.64. The molecule has 7 nitrogen and oxygen atoms in total. The fourth-order valence-corrected chi connectivity index (χ4v) is 4.32. The van der Waals surface area contributed by atoms with Crippen LogP contribution in [0.25, 0.3) is 0 Å². The van der Waals surface area contributed by atoms with Crippen molar-refractivity contribution in [3.8, 4) is 5.75 Å². The van der Waals surface area contributed by atoms with Gasteiger partial charge in [0.05, 0.1) is 6.61 Å². The summed E-state index contributed by atoms with van der Waals surface area (Å²) < 4.78 is 38.3. The molecule has 1 heterocycles. The number of halogens is 1. The van der Waals surface area contributed by atoms with Crippen molar-refractivity contribution in [2.75, 3.05) is 25.0 Å². The average molecular weight is 445 g/mol. The highest BCUT2D eigenvalue weighted by Gasteiger charge is 2.26. The molecule has 0 atom stereocenters. The minimum Gasteiger partial charge on any atom is -0.492 e. The van der Waals surface area contributed by atoms with E-state index in [2.05, 4.69) is 21.2 Å². The zero-order valence-electron chi connectivity index (χ0n) is 14.8. The van der Waals surface area contributed by atoms with Crippen LogP contribution in [0.2, 0.25) is 0 Å². The Bertz CT molecular complexity index is 875. The van der Waals surface area contributed by atoms with Gasteiger partial charge in [-0.2, -0.15) is 4.31 Å². The molecule has 0 spiro atoms. The Balaban J connectivity index is 2.40. The number of rotatable bonds is 8. The van der Waals surface area contributed by atoms with Crippen LogP contribution in [0.5, 0.6) is 5.75 Å². The summed E-state index contributed by atoms with van der Waals surface area (Å²) >= 11 is 3.13. The number of furan rings is 1. The Morgan fingerprint density at radius 2 is 1.88 bits per heavy atom. The minimum absolute atomic E-state index is 0.0153. The number of carbonyl (C=O) groups is 1. The molecule has 0 fully saturated rings. The average Bonchev–Trinajstić information content (AvgIpc) is 3.04. The maximum Gasteiger partial charge on any atom is 0.291 e. The Kier molecular flexibility index (Phi) is 6.85. The monoisotopic (exact) mass is 444 g/mol. The second kappa shape index (κ2) is 8.70. The van der Waals surface area contributed by atoms with Gasteiger partial charge in [-0.3, -0.25) is 4.79 Å². The van der Waals surface area contributed by atoms with Crippen LogP contribution in [0.3, 0.4) is 0 Å². The van der Waals surface area contributed by atoms with E-state index in [4.69, 9.17) is 9.15 Å². The number of carbonyl (C=O) groups excluding carboxylic acids is 1. The van der Waals surface area contributed by atoms with E-state index in [0.29, 0.717) is 30.1 Å². The number of nitrogens with zero attached hydrogens (tertiary/aromatic N) is 1. The van der Waals surface area contributed by atoms with Crippen LogP contribution < -0.4 is 10.1 Å². The lowest BCUT2D eigenvalue weighted by Crippen LogP contribution is -2.31. The van der Waals surface area contributed by atoms with Crippen molar-refractivity contribution < 1.29 is 22.4 Å². The highest BCUT2D eigenvalue weighted by molar-refractivity contribution is 9.10. The molecule has 1 aromatic heterocycles. The molecule has 0 aliphatic rings. The van der Waals surface area contributed by atoms with Gasteiger partial charge in [0.15, 0.2) is 10.4 Å². The molecule has 0 aliphatic carbocycles. The van der Waals surface area contributed by atoms with Gasteiger partial charge in [0, 0.05) is 18.8 Å². The molecule has 0 saturated carbocycles. The number of benzene rings is 1. The van der Waals surface area contributed by atoms with Crippen molar-refractivity contribution in [3.63, 3.8) is 0 Å². The third-order valence-electron chi connectivity index (χ3n) is 3.62. The number of ether oxygens (including phenoxy) is 1. The molecular weight excluding hydrogens is 424 g/mol. The van der Waals surface area contributed by atoms with Gasteiger partial charge in [-0.15, -0.1) is 0 Å². The van der Waals surface area contributed by atoms with Gasteiger partial charge in [0.25, 0.3) is 5.91 Å². The third-order valence-corrected chi connectivity index (χ3v) is 6.12. The predicted molar refractivity (Wildman–Crippen MR) is 102 cm³/mol. The lowest BCUT2D eigenvalue weighted by Gasteiger charge is -2.21. The molecule has 0 saturated heterocycles. The van der Waals surface area contributed by atoms with Gasteiger partial charge in [0.2, 0.25) is 10.0 Å². The Labute approximate surface area is 161 Å². The van der Waals surface area contributed by atoms with E-state index < -0.39 is 15.9 Å². The molecule has 0 unspecified atom stereocenters. The van der Waals surface area contributed by atoms with Crippen molar-refractivity contribution in [1.82, 2.24) is 4.31 Å². The third kappa shape index (κ3) is 4.46. The van der Waals surface area contributed by atoms with Gasteiger partial charge in [-0.25, -0.2) is 8.42 Å². The van der Waals surface area contributed by atoms with Crippen molar-refractivity contribution >= 4 is 37.5 Å². The first-order valence-corrected chi connectivity index (χ1v) is 10.4. The summed E-state index contributed by atoms with van der Waals surface area (Å²) in [7, 11) is -3.75. The molecule has 9 heteroatoms. The van der Waals surface area contributed by atoms with E-state index in [1.807, 2.05) is 0 Å². The second-order valence-corrected chi connectivity index (χ2v) is 7.93. The minimum atomic E-state index is -3.75. The number of hydrogen-bond donors (Lipinski definition) is 1. The van der Waals surface area contributed by atoms with E-state index in [1.165, 1.54) is 22.5 Å². The zero-order valence-corrected chi connectivity index (χ0v) is 17.2. The quantitative estimate of drug-likeness (QED) is 0.669. The van der Waals surface area contributed by atoms with Crippen LogP contribution in [0.15, 0.2) is 44.3 Å². The molecule has 1 amide bonds. The van der Waals surface area contributed by atoms with Gasteiger partial charge in [-0.05, 0) is 53.2 Å². The molecular formula is C17H21BrN2O5S. The molecule has 0 bridgehead atoms. The van der Waals surface area contributed by atoms with E-state index in [0.717, 1.165) is 0 Å². The van der Waals surface area contributed by atoms with Crippen LogP contribution >= 0.6 is 15.9 Å². The van der Waals surface area contributed by atoms with Crippen molar-refractivity contribution in [3.05, 3.63) is 40.8 Å². The number of sulfonamides is 1. The number of amides is 1. The normalized spacial score (nSPS) is 11.6. The fourth-order valence-electron chi connectivity index (χ4n) is 2.39. The van der Waals surface area contributed by atoms with Crippen LogP contribution in [0, 0.1) is 0 Å². The summed E-state index contributed by atoms with van der Waals surface area (Å²) in [4.78, 5) is 12.2. The second-order valence-electron chi connectivity index (χ2n) is 5.24. The van der Waals surface area contributed by atoms with Crippen molar-refractivity contribution in [2.24, 2.45) is 0 Å². The summed E-state index contributed by atoms with van der Waals surface area (Å²) in [6, 6.07) is 7.63. The molecule has 26 heavy (non-hydrogen) atoms. The Morgan fingerprint density at radius 1 is 1.19 bits per heavy atom. The van der Waals surface area contributed by atoms with E-state index in [1.54, 1.807) is 32.9 Å². The van der Waals surface area contributed by atoms with E-state index in [9.17, 15) is 13.2 Å². The summed E-state index contributed by atoms with van der Waals surface area (Å²) in [5.74, 6) is -0.122. The number of anilines is 1. The van der Waals surface area contributed by atoms with E-state index in [-0.39, 0.29) is 16.4 Å². The highest BCUT2D eigenvalue weighted by Crippen LogP contribution is 2.30. The van der Waals surface area contributed by atoms with Crippen LogP contribution in [0.4, 0.5) is 5.69 Å². The largest absolute Gasteiger partial charge is 0.492 e. The van der Waals surface area contributed by atoms with Gasteiger partial charge in [-0.1, -0.05) is 13.8 Å². The lowest BCUT2D eigenvalue weighted by atomic mass is 10.3. The number of hydrogen-bond acceptors (Lipinski definition) is 5. The molecule has 0 radical (unpaired) electrons. The topological polar surface area (TPSA) is 88.8 Å². The first kappa shape index (κ1) is 20.5. The van der Waals surface area contributed by atoms with E-state index >= 15 is 0 Å². The van der Waals surface area contributed by atoms with Crippen molar-refractivity contribution in [1.29, 1.82) is 0 Å². The summed E-state index contributed by atoms with van der Waals surface area (Å²) in [6.45, 7) is 6.30.